The Hall–Kier alpha value is -2.20. The fourth-order valence-electron chi connectivity index (χ4n) is 2.49. The van der Waals surface area contributed by atoms with E-state index in [4.69, 9.17) is 0 Å². The molecular weight excluding hydrogens is 315 g/mol. The molecule has 0 spiro atoms. The molecule has 0 saturated heterocycles. The Morgan fingerprint density at radius 1 is 1.08 bits per heavy atom. The molecule has 2 rings (SSSR count). The predicted octanol–water partition coefficient (Wildman–Crippen LogP) is 3.61. The predicted molar refractivity (Wildman–Crippen MR) is 100 cm³/mol. The molecule has 0 fully saturated rings. The first-order valence-corrected chi connectivity index (χ1v) is 8.54. The molecule has 0 saturated carbocycles. The molecule has 1 atom stereocenters. The van der Waals surface area contributed by atoms with Crippen LogP contribution in [0.25, 0.3) is 0 Å². The third-order valence-corrected chi connectivity index (χ3v) is 4.78. The number of nitrogens with zero attached hydrogens (tertiary/aromatic N) is 1. The molecule has 2 aromatic carbocycles. The van der Waals surface area contributed by atoms with Crippen LogP contribution in [0, 0.1) is 5.82 Å². The van der Waals surface area contributed by atoms with E-state index in [2.05, 4.69) is 24.1 Å². The second-order valence-corrected chi connectivity index (χ2v) is 7.22. The fourth-order valence-corrected chi connectivity index (χ4v) is 2.49. The summed E-state index contributed by atoms with van der Waals surface area (Å²) in [4.78, 5) is 15.0. The van der Waals surface area contributed by atoms with Crippen molar-refractivity contribution in [2.24, 2.45) is 0 Å². The lowest BCUT2D eigenvalue weighted by molar-refractivity contribution is -0.123. The van der Waals surface area contributed by atoms with Gasteiger partial charge in [-0.3, -0.25) is 4.79 Å². The molecule has 1 N–H and O–H groups in total. The van der Waals surface area contributed by atoms with Crippen molar-refractivity contribution in [1.82, 2.24) is 10.2 Å². The Morgan fingerprint density at radius 3 is 2.24 bits per heavy atom. The van der Waals surface area contributed by atoms with E-state index >= 15 is 0 Å². The van der Waals surface area contributed by atoms with Crippen LogP contribution in [0.1, 0.15) is 30.9 Å². The Balaban J connectivity index is 2.18. The Morgan fingerprint density at radius 2 is 1.68 bits per heavy atom. The van der Waals surface area contributed by atoms with Gasteiger partial charge in [-0.15, -0.1) is 0 Å². The summed E-state index contributed by atoms with van der Waals surface area (Å²) in [7, 11) is 3.99. The topological polar surface area (TPSA) is 32.3 Å². The van der Waals surface area contributed by atoms with Crippen LogP contribution in [0.4, 0.5) is 4.39 Å². The van der Waals surface area contributed by atoms with Gasteiger partial charge in [-0.05, 0) is 57.6 Å². The summed E-state index contributed by atoms with van der Waals surface area (Å²) >= 11 is 0. The lowest BCUT2D eigenvalue weighted by atomic mass is 9.90. The number of nitrogens with one attached hydrogen (secondary N) is 1. The van der Waals surface area contributed by atoms with Gasteiger partial charge in [0.15, 0.2) is 0 Å². The molecule has 0 aliphatic heterocycles. The van der Waals surface area contributed by atoms with Gasteiger partial charge in [0.1, 0.15) is 5.82 Å². The van der Waals surface area contributed by atoms with Crippen LogP contribution in [0.15, 0.2) is 54.6 Å². The van der Waals surface area contributed by atoms with Crippen molar-refractivity contribution in [3.8, 4) is 0 Å². The molecule has 2 aromatic rings. The van der Waals surface area contributed by atoms with E-state index in [1.165, 1.54) is 12.1 Å². The van der Waals surface area contributed by atoms with E-state index in [1.807, 2.05) is 44.4 Å². The van der Waals surface area contributed by atoms with Crippen LogP contribution in [-0.4, -0.2) is 37.0 Å². The minimum Gasteiger partial charge on any atom is -0.354 e. The largest absolute Gasteiger partial charge is 0.354 e. The van der Waals surface area contributed by atoms with Crippen molar-refractivity contribution in [1.29, 1.82) is 0 Å². The maximum atomic E-state index is 13.3. The van der Waals surface area contributed by atoms with Crippen molar-refractivity contribution >= 4 is 5.91 Å². The normalized spacial score (nSPS) is 12.9. The van der Waals surface area contributed by atoms with E-state index in [0.717, 1.165) is 11.1 Å². The molecule has 4 heteroatoms. The maximum absolute atomic E-state index is 13.3. The monoisotopic (exact) mass is 342 g/mol. The number of hydrogen-bond donors (Lipinski definition) is 1. The van der Waals surface area contributed by atoms with Gasteiger partial charge in [-0.25, -0.2) is 4.39 Å². The van der Waals surface area contributed by atoms with E-state index in [0.29, 0.717) is 13.0 Å². The Kier molecular flexibility index (Phi) is 6.32. The Bertz CT molecular complexity index is 681. The van der Waals surface area contributed by atoms with Crippen LogP contribution in [0.2, 0.25) is 0 Å². The molecule has 0 aliphatic rings. The van der Waals surface area contributed by atoms with Crippen molar-refractivity contribution < 1.29 is 9.18 Å². The van der Waals surface area contributed by atoms with Crippen molar-refractivity contribution in [3.05, 3.63) is 71.5 Å². The van der Waals surface area contributed by atoms with Crippen LogP contribution in [0.5, 0.6) is 0 Å². The minimum absolute atomic E-state index is 0.0367. The number of carbonyl (C=O) groups is 1. The summed E-state index contributed by atoms with van der Waals surface area (Å²) < 4.78 is 13.3. The molecule has 1 unspecified atom stereocenters. The van der Waals surface area contributed by atoms with Gasteiger partial charge in [-0.2, -0.15) is 0 Å². The molecule has 0 bridgehead atoms. The molecule has 3 nitrogen and oxygen atoms in total. The number of rotatable bonds is 7. The van der Waals surface area contributed by atoms with E-state index in [1.54, 1.807) is 12.1 Å². The van der Waals surface area contributed by atoms with Crippen LogP contribution in [-0.2, 0) is 11.2 Å². The summed E-state index contributed by atoms with van der Waals surface area (Å²) in [6.45, 7) is 4.71. The zero-order valence-corrected chi connectivity index (χ0v) is 15.4. The van der Waals surface area contributed by atoms with Gasteiger partial charge in [0.2, 0.25) is 5.91 Å². The molecule has 25 heavy (non-hydrogen) atoms. The second-order valence-electron chi connectivity index (χ2n) is 7.22. The van der Waals surface area contributed by atoms with E-state index < -0.39 is 0 Å². The number of halogens is 1. The number of amides is 1. The van der Waals surface area contributed by atoms with Crippen molar-refractivity contribution in [3.63, 3.8) is 0 Å². The van der Waals surface area contributed by atoms with Gasteiger partial charge >= 0.3 is 0 Å². The number of likely N-dealkylation sites (N-methyl/N-ethyl adjacent to an activating group) is 1. The van der Waals surface area contributed by atoms with Crippen LogP contribution >= 0.6 is 0 Å². The lowest BCUT2D eigenvalue weighted by Crippen LogP contribution is -2.49. The fraction of sp³-hybridized carbons (Fsp3) is 0.381. The molecule has 0 aromatic heterocycles. The molecule has 0 radical (unpaired) electrons. The third kappa shape index (κ3) is 5.40. The van der Waals surface area contributed by atoms with Crippen LogP contribution in [0.3, 0.4) is 0 Å². The van der Waals surface area contributed by atoms with Gasteiger partial charge in [-0.1, -0.05) is 42.5 Å². The smallest absolute Gasteiger partial charge is 0.227 e. The first-order valence-electron chi connectivity index (χ1n) is 8.54. The zero-order chi connectivity index (χ0) is 18.4. The van der Waals surface area contributed by atoms with E-state index in [9.17, 15) is 9.18 Å². The maximum Gasteiger partial charge on any atom is 0.227 e. The van der Waals surface area contributed by atoms with Gasteiger partial charge < -0.3 is 10.2 Å². The molecule has 0 aliphatic carbocycles. The highest BCUT2D eigenvalue weighted by atomic mass is 19.1. The quantitative estimate of drug-likeness (QED) is 0.834. The summed E-state index contributed by atoms with van der Waals surface area (Å²) in [6.07, 6.45) is 0.584. The highest BCUT2D eigenvalue weighted by Crippen LogP contribution is 2.22. The van der Waals surface area contributed by atoms with Gasteiger partial charge in [0, 0.05) is 12.1 Å². The second kappa shape index (κ2) is 8.26. The molecule has 0 heterocycles. The highest BCUT2D eigenvalue weighted by Gasteiger charge is 2.25. The molecular formula is C21H27FN2O. The standard InChI is InChI=1S/C21H27FN2O/c1-21(2,24(3)4)15-23-20(25)19(14-16-8-6-5-7-9-16)17-10-12-18(22)13-11-17/h5-13,19H,14-15H2,1-4H3,(H,23,25). The summed E-state index contributed by atoms with van der Waals surface area (Å²) in [6, 6.07) is 16.1. The minimum atomic E-state index is -0.346. The van der Waals surface area contributed by atoms with Crippen molar-refractivity contribution in [2.75, 3.05) is 20.6 Å². The molecule has 134 valence electrons. The summed E-state index contributed by atoms with van der Waals surface area (Å²) in [5, 5.41) is 3.06. The van der Waals surface area contributed by atoms with Crippen LogP contribution < -0.4 is 5.32 Å². The third-order valence-electron chi connectivity index (χ3n) is 4.78. The Labute approximate surface area is 149 Å². The SMILES string of the molecule is CN(C)C(C)(C)CNC(=O)C(Cc1ccccc1)c1ccc(F)cc1. The highest BCUT2D eigenvalue weighted by molar-refractivity contribution is 5.84. The van der Waals surface area contributed by atoms with E-state index in [-0.39, 0.29) is 23.2 Å². The molecule has 1 amide bonds. The lowest BCUT2D eigenvalue weighted by Gasteiger charge is -2.33. The number of benzene rings is 2. The number of carbonyl (C=O) groups excluding carboxylic acids is 1. The van der Waals surface area contributed by atoms with Crippen molar-refractivity contribution in [2.45, 2.75) is 31.7 Å². The average molecular weight is 342 g/mol. The summed E-state index contributed by atoms with van der Waals surface area (Å²) in [5.74, 6) is -0.678. The number of hydrogen-bond acceptors (Lipinski definition) is 2. The first-order chi connectivity index (χ1) is 11.8. The van der Waals surface area contributed by atoms with Gasteiger partial charge in [0.25, 0.3) is 0 Å². The first kappa shape index (κ1) is 19.1. The average Bonchev–Trinajstić information content (AvgIpc) is 2.59. The van der Waals surface area contributed by atoms with Gasteiger partial charge in [0.05, 0.1) is 5.92 Å². The zero-order valence-electron chi connectivity index (χ0n) is 15.4. The summed E-state index contributed by atoms with van der Waals surface area (Å²) in [5.41, 5.74) is 1.76.